The number of hydrogen-bond donors (Lipinski definition) is 1. The fraction of sp³-hybridized carbons (Fsp3) is 0.409. The molecule has 2 aromatic carbocycles. The maximum atomic E-state index is 12.5. The first kappa shape index (κ1) is 19.2. The molecule has 1 atom stereocenters. The van der Waals surface area contributed by atoms with Crippen molar-refractivity contribution in [2.45, 2.75) is 25.2 Å². The third-order valence-corrected chi connectivity index (χ3v) is 5.06. The van der Waals surface area contributed by atoms with Crippen LogP contribution in [0.2, 0.25) is 0 Å². The van der Waals surface area contributed by atoms with Gasteiger partial charge in [0.2, 0.25) is 0 Å². The number of ether oxygens (including phenoxy) is 2. The van der Waals surface area contributed by atoms with E-state index in [9.17, 15) is 4.79 Å². The Morgan fingerprint density at radius 2 is 1.89 bits per heavy atom. The molecule has 1 N–H and O–H groups in total. The standard InChI is InChI=1S/C22H28N2O3/c1-3-26-20-13-8-7-12-19(20)23-21(25)27-17-22(14-9-15-24(2)16-22)18-10-5-4-6-11-18/h4-8,10-13H,3,9,14-17H2,1-2H3,(H,23,25)/t22-/m0/s1. The number of anilines is 1. The lowest BCUT2D eigenvalue weighted by Crippen LogP contribution is -2.47. The molecular weight excluding hydrogens is 340 g/mol. The molecule has 1 amide bonds. The monoisotopic (exact) mass is 368 g/mol. The van der Waals surface area contributed by atoms with Crippen LogP contribution in [0, 0.1) is 0 Å². The van der Waals surface area contributed by atoms with Gasteiger partial charge in [-0.25, -0.2) is 4.79 Å². The second kappa shape index (κ2) is 8.91. The molecule has 0 aliphatic carbocycles. The van der Waals surface area contributed by atoms with Crippen LogP contribution in [0.5, 0.6) is 5.75 Å². The van der Waals surface area contributed by atoms with Gasteiger partial charge in [-0.1, -0.05) is 42.5 Å². The predicted octanol–water partition coefficient (Wildman–Crippen LogP) is 4.30. The van der Waals surface area contributed by atoms with Gasteiger partial charge in [0.05, 0.1) is 12.3 Å². The molecule has 1 heterocycles. The molecule has 0 radical (unpaired) electrons. The Balaban J connectivity index is 1.70. The van der Waals surface area contributed by atoms with Crippen LogP contribution >= 0.6 is 0 Å². The quantitative estimate of drug-likeness (QED) is 0.826. The number of amides is 1. The zero-order chi connectivity index (χ0) is 19.1. The van der Waals surface area contributed by atoms with E-state index < -0.39 is 6.09 Å². The molecule has 0 unspecified atom stereocenters. The van der Waals surface area contributed by atoms with Crippen LogP contribution in [0.4, 0.5) is 10.5 Å². The number of hydrogen-bond acceptors (Lipinski definition) is 4. The van der Waals surface area contributed by atoms with E-state index in [2.05, 4.69) is 29.4 Å². The van der Waals surface area contributed by atoms with Gasteiger partial charge in [-0.15, -0.1) is 0 Å². The number of nitrogens with zero attached hydrogens (tertiary/aromatic N) is 1. The van der Waals surface area contributed by atoms with Gasteiger partial charge in [-0.05, 0) is 51.1 Å². The number of carbonyl (C=O) groups excluding carboxylic acids is 1. The van der Waals surface area contributed by atoms with Crippen LogP contribution in [-0.4, -0.2) is 44.3 Å². The van der Waals surface area contributed by atoms with Crippen molar-refractivity contribution in [3.05, 3.63) is 60.2 Å². The first-order valence-electron chi connectivity index (χ1n) is 9.53. The molecule has 1 fully saturated rings. The van der Waals surface area contributed by atoms with Crippen molar-refractivity contribution in [3.63, 3.8) is 0 Å². The van der Waals surface area contributed by atoms with E-state index in [1.165, 1.54) is 5.56 Å². The van der Waals surface area contributed by atoms with E-state index in [0.717, 1.165) is 25.9 Å². The highest BCUT2D eigenvalue weighted by molar-refractivity contribution is 5.86. The minimum atomic E-state index is -0.453. The summed E-state index contributed by atoms with van der Waals surface area (Å²) >= 11 is 0. The summed E-state index contributed by atoms with van der Waals surface area (Å²) in [6.45, 7) is 4.75. The minimum absolute atomic E-state index is 0.176. The Labute approximate surface area is 161 Å². The van der Waals surface area contributed by atoms with E-state index in [1.54, 1.807) is 0 Å². The summed E-state index contributed by atoms with van der Waals surface area (Å²) in [5, 5.41) is 2.82. The Bertz CT molecular complexity index is 750. The van der Waals surface area contributed by atoms with E-state index in [4.69, 9.17) is 9.47 Å². The average molecular weight is 368 g/mol. The maximum Gasteiger partial charge on any atom is 0.411 e. The van der Waals surface area contributed by atoms with Crippen molar-refractivity contribution in [1.82, 2.24) is 4.90 Å². The zero-order valence-corrected chi connectivity index (χ0v) is 16.1. The van der Waals surface area contributed by atoms with Crippen molar-refractivity contribution < 1.29 is 14.3 Å². The molecule has 1 saturated heterocycles. The van der Waals surface area contributed by atoms with Gasteiger partial charge in [0.25, 0.3) is 0 Å². The maximum absolute atomic E-state index is 12.5. The van der Waals surface area contributed by atoms with Crippen LogP contribution in [0.25, 0.3) is 0 Å². The highest BCUT2D eigenvalue weighted by Crippen LogP contribution is 2.34. The largest absolute Gasteiger partial charge is 0.492 e. The molecule has 0 spiro atoms. The predicted molar refractivity (Wildman–Crippen MR) is 107 cm³/mol. The molecule has 144 valence electrons. The molecule has 5 nitrogen and oxygen atoms in total. The molecule has 0 aromatic heterocycles. The lowest BCUT2D eigenvalue weighted by molar-refractivity contribution is 0.0832. The van der Waals surface area contributed by atoms with Gasteiger partial charge < -0.3 is 14.4 Å². The van der Waals surface area contributed by atoms with Crippen molar-refractivity contribution in [2.24, 2.45) is 0 Å². The summed E-state index contributed by atoms with van der Waals surface area (Å²) < 4.78 is 11.3. The highest BCUT2D eigenvalue weighted by atomic mass is 16.5. The number of para-hydroxylation sites is 2. The number of likely N-dealkylation sites (N-methyl/N-ethyl adjacent to an activating group) is 1. The van der Waals surface area contributed by atoms with E-state index >= 15 is 0 Å². The van der Waals surface area contributed by atoms with Crippen molar-refractivity contribution in [3.8, 4) is 5.75 Å². The fourth-order valence-corrected chi connectivity index (χ4v) is 3.79. The molecule has 1 aliphatic rings. The topological polar surface area (TPSA) is 50.8 Å². The number of carbonyl (C=O) groups is 1. The average Bonchev–Trinajstić information content (AvgIpc) is 2.69. The van der Waals surface area contributed by atoms with E-state index in [1.807, 2.05) is 49.4 Å². The van der Waals surface area contributed by atoms with Gasteiger partial charge in [0.15, 0.2) is 0 Å². The summed E-state index contributed by atoms with van der Waals surface area (Å²) in [7, 11) is 2.12. The second-order valence-corrected chi connectivity index (χ2v) is 7.12. The van der Waals surface area contributed by atoms with Crippen LogP contribution in [0.3, 0.4) is 0 Å². The summed E-state index contributed by atoms with van der Waals surface area (Å²) in [5.41, 5.74) is 1.67. The fourth-order valence-electron chi connectivity index (χ4n) is 3.79. The van der Waals surface area contributed by atoms with Gasteiger partial charge in [-0.2, -0.15) is 0 Å². The van der Waals surface area contributed by atoms with Gasteiger partial charge >= 0.3 is 6.09 Å². The third-order valence-electron chi connectivity index (χ3n) is 5.06. The third kappa shape index (κ3) is 4.80. The highest BCUT2D eigenvalue weighted by Gasteiger charge is 2.37. The lowest BCUT2D eigenvalue weighted by atomic mass is 9.75. The normalized spacial score (nSPS) is 20.1. The summed E-state index contributed by atoms with van der Waals surface area (Å²) in [6, 6.07) is 17.8. The smallest absolute Gasteiger partial charge is 0.411 e. The number of benzene rings is 2. The Hall–Kier alpha value is -2.53. The minimum Gasteiger partial charge on any atom is -0.492 e. The van der Waals surface area contributed by atoms with Crippen molar-refractivity contribution >= 4 is 11.8 Å². The molecular formula is C22H28N2O3. The molecule has 0 saturated carbocycles. The van der Waals surface area contributed by atoms with Crippen LogP contribution in [0.1, 0.15) is 25.3 Å². The molecule has 0 bridgehead atoms. The number of likely N-dealkylation sites (tertiary alicyclic amines) is 1. The van der Waals surface area contributed by atoms with Gasteiger partial charge in [-0.3, -0.25) is 5.32 Å². The first-order valence-corrected chi connectivity index (χ1v) is 9.53. The van der Waals surface area contributed by atoms with Crippen LogP contribution in [-0.2, 0) is 10.2 Å². The summed E-state index contributed by atoms with van der Waals surface area (Å²) in [4.78, 5) is 14.8. The number of rotatable bonds is 6. The van der Waals surface area contributed by atoms with Crippen LogP contribution < -0.4 is 10.1 Å². The van der Waals surface area contributed by atoms with E-state index in [-0.39, 0.29) is 5.41 Å². The van der Waals surface area contributed by atoms with Crippen molar-refractivity contribution in [2.75, 3.05) is 38.7 Å². The molecule has 3 rings (SSSR count). The Morgan fingerprint density at radius 3 is 2.63 bits per heavy atom. The van der Waals surface area contributed by atoms with Crippen molar-refractivity contribution in [1.29, 1.82) is 0 Å². The van der Waals surface area contributed by atoms with Gasteiger partial charge in [0.1, 0.15) is 12.4 Å². The van der Waals surface area contributed by atoms with Crippen LogP contribution in [0.15, 0.2) is 54.6 Å². The number of nitrogens with one attached hydrogen (secondary N) is 1. The molecule has 1 aliphatic heterocycles. The molecule has 2 aromatic rings. The van der Waals surface area contributed by atoms with Gasteiger partial charge in [0, 0.05) is 12.0 Å². The zero-order valence-electron chi connectivity index (χ0n) is 16.1. The summed E-state index contributed by atoms with van der Waals surface area (Å²) in [6.07, 6.45) is 1.64. The lowest BCUT2D eigenvalue weighted by Gasteiger charge is -2.41. The second-order valence-electron chi connectivity index (χ2n) is 7.12. The number of piperidine rings is 1. The molecule has 27 heavy (non-hydrogen) atoms. The molecule has 5 heteroatoms. The van der Waals surface area contributed by atoms with E-state index in [0.29, 0.717) is 24.7 Å². The summed E-state index contributed by atoms with van der Waals surface area (Å²) in [5.74, 6) is 0.645. The Kier molecular flexibility index (Phi) is 6.35. The first-order chi connectivity index (χ1) is 13.1. The SMILES string of the molecule is CCOc1ccccc1NC(=O)OC[C@]1(c2ccccc2)CCCN(C)C1. The Morgan fingerprint density at radius 1 is 1.15 bits per heavy atom.